The number of halogens is 3. The molecule has 1 heterocycles. The van der Waals surface area contributed by atoms with Gasteiger partial charge in [0, 0.05) is 19.2 Å². The van der Waals surface area contributed by atoms with Crippen molar-refractivity contribution in [3.05, 3.63) is 77.9 Å². The Labute approximate surface area is 217 Å². The molecule has 0 spiro atoms. The van der Waals surface area contributed by atoms with Crippen molar-refractivity contribution in [2.24, 2.45) is 4.99 Å². The third kappa shape index (κ3) is 7.59. The molecule has 3 rings (SSSR count). The first-order valence-corrected chi connectivity index (χ1v) is 11.4. The van der Waals surface area contributed by atoms with Gasteiger partial charge in [-0.3, -0.25) is 10.3 Å². The van der Waals surface area contributed by atoms with Crippen molar-refractivity contribution < 1.29 is 32.2 Å². The maximum atomic E-state index is 12.9. The Morgan fingerprint density at radius 1 is 1.24 bits per heavy atom. The molecule has 9 nitrogen and oxygen atoms in total. The van der Waals surface area contributed by atoms with Gasteiger partial charge in [0.05, 0.1) is 24.4 Å². The number of para-hydroxylation sites is 1. The normalized spacial score (nSPS) is 11.9. The predicted molar refractivity (Wildman–Crippen MR) is 137 cm³/mol. The van der Waals surface area contributed by atoms with E-state index in [9.17, 15) is 18.0 Å². The Hall–Kier alpha value is -4.32. The maximum Gasteiger partial charge on any atom is 0.573 e. The van der Waals surface area contributed by atoms with Gasteiger partial charge in [0.25, 0.3) is 0 Å². The van der Waals surface area contributed by atoms with Crippen LogP contribution in [-0.4, -0.2) is 48.6 Å². The molecule has 0 aliphatic heterocycles. The number of nitrogens with one attached hydrogen (secondary N) is 2. The van der Waals surface area contributed by atoms with Crippen molar-refractivity contribution in [1.29, 1.82) is 0 Å². The van der Waals surface area contributed by atoms with Crippen molar-refractivity contribution in [1.82, 2.24) is 15.1 Å². The summed E-state index contributed by atoms with van der Waals surface area (Å²) in [6, 6.07) is 12.5. The Bertz CT molecular complexity index is 1260. The third-order valence-corrected chi connectivity index (χ3v) is 5.25. The van der Waals surface area contributed by atoms with Crippen LogP contribution in [0.4, 0.5) is 23.8 Å². The van der Waals surface area contributed by atoms with Gasteiger partial charge in [-0.15, -0.1) is 18.3 Å². The zero-order valence-electron chi connectivity index (χ0n) is 20.9. The van der Waals surface area contributed by atoms with Crippen molar-refractivity contribution in [3.8, 4) is 17.3 Å². The molecule has 1 atom stereocenters. The molecule has 0 saturated heterocycles. The molecule has 0 radical (unpaired) electrons. The van der Waals surface area contributed by atoms with Gasteiger partial charge in [-0.05, 0) is 49.5 Å². The summed E-state index contributed by atoms with van der Waals surface area (Å²) in [6.07, 6.45) is -3.81. The van der Waals surface area contributed by atoms with Crippen molar-refractivity contribution >= 4 is 18.6 Å². The number of aliphatic imine (C=N–C) groups is 1. The number of methoxy groups -OCH3 is 1. The van der Waals surface area contributed by atoms with Crippen LogP contribution in [0.25, 0.3) is 5.69 Å². The molecule has 3 aromatic rings. The summed E-state index contributed by atoms with van der Waals surface area (Å²) < 4.78 is 55.2. The highest BCUT2D eigenvalue weighted by molar-refractivity contribution is 5.89. The predicted octanol–water partition coefficient (Wildman–Crippen LogP) is 5.18. The average Bonchev–Trinajstić information content (AvgIpc) is 3.18. The minimum atomic E-state index is -4.89. The third-order valence-electron chi connectivity index (χ3n) is 5.25. The molecule has 38 heavy (non-hydrogen) atoms. The number of anilines is 1. The van der Waals surface area contributed by atoms with E-state index < -0.39 is 24.2 Å². The van der Waals surface area contributed by atoms with Crippen LogP contribution >= 0.6 is 0 Å². The lowest BCUT2D eigenvalue weighted by Gasteiger charge is -2.16. The number of aromatic nitrogens is 2. The number of nitrogens with zero attached hydrogens (tertiary/aromatic N) is 3. The van der Waals surface area contributed by atoms with Gasteiger partial charge in [-0.25, -0.2) is 9.48 Å². The van der Waals surface area contributed by atoms with Crippen molar-refractivity contribution in [3.63, 3.8) is 0 Å². The lowest BCUT2D eigenvalue weighted by Crippen LogP contribution is -2.30. The molecule has 1 aromatic heterocycles. The second-order valence-electron chi connectivity index (χ2n) is 8.05. The number of rotatable bonds is 12. The molecule has 0 fully saturated rings. The van der Waals surface area contributed by atoms with Crippen LogP contribution in [0.2, 0.25) is 0 Å². The minimum Gasteiger partial charge on any atom is -0.467 e. The monoisotopic (exact) mass is 531 g/mol. The topological polar surface area (TPSA) is 99.0 Å². The Kier molecular flexibility index (Phi) is 9.49. The van der Waals surface area contributed by atoms with E-state index in [0.717, 1.165) is 0 Å². The van der Waals surface area contributed by atoms with Gasteiger partial charge in [-0.1, -0.05) is 30.8 Å². The zero-order chi connectivity index (χ0) is 27.7. The van der Waals surface area contributed by atoms with Crippen LogP contribution in [-0.2, 0) is 17.9 Å². The summed E-state index contributed by atoms with van der Waals surface area (Å²) in [5, 5.41) is 9.78. The fourth-order valence-corrected chi connectivity index (χ4v) is 3.50. The van der Waals surface area contributed by atoms with Gasteiger partial charge in [-0.2, -0.15) is 0 Å². The number of hydrogen-bond acceptors (Lipinski definition) is 6. The van der Waals surface area contributed by atoms with Gasteiger partial charge >= 0.3 is 12.4 Å². The van der Waals surface area contributed by atoms with Crippen LogP contribution in [0.5, 0.6) is 11.6 Å². The van der Waals surface area contributed by atoms with Crippen LogP contribution in [0.15, 0.2) is 66.2 Å². The Morgan fingerprint density at radius 2 is 1.97 bits per heavy atom. The van der Waals surface area contributed by atoms with Gasteiger partial charge < -0.3 is 19.5 Å². The first-order valence-electron chi connectivity index (χ1n) is 11.4. The molecule has 0 aliphatic carbocycles. The maximum absolute atomic E-state index is 12.9. The summed E-state index contributed by atoms with van der Waals surface area (Å²) in [6.45, 7) is 9.08. The van der Waals surface area contributed by atoms with E-state index in [0.29, 0.717) is 22.6 Å². The fraction of sp³-hybridized carbons (Fsp3) is 0.269. The molecule has 0 bridgehead atoms. The zero-order valence-corrected chi connectivity index (χ0v) is 20.9. The molecule has 0 saturated carbocycles. The molecule has 0 aliphatic rings. The smallest absolute Gasteiger partial charge is 0.467 e. The number of amides is 2. The molecular formula is C26H28F3N5O4. The summed E-state index contributed by atoms with van der Waals surface area (Å²) >= 11 is 0. The van der Waals surface area contributed by atoms with E-state index in [1.807, 2.05) is 6.07 Å². The number of hydrogen-bond donors (Lipinski definition) is 2. The van der Waals surface area contributed by atoms with Crippen LogP contribution in [0, 0.1) is 6.92 Å². The SMILES string of the molecule is C=CC(CN=C)Oc1nn(-c2ccccc2)c(NC(=O)NCc2cc(COC)ccc2OC(F)(F)F)c1C. The van der Waals surface area contributed by atoms with Crippen LogP contribution in [0.3, 0.4) is 0 Å². The number of carbonyl (C=O) groups excluding carboxylic acids is 1. The standard InChI is InChI=1S/C26H28F3N5O4/c1-5-21(15-30-3)37-24-17(2)23(34(33-24)20-9-7-6-8-10-20)32-25(35)31-14-19-13-18(16-36-4)11-12-22(19)38-26(27,28)29/h5-13,21H,1,3,14-16H2,2,4H3,(H2,31,32,35). The number of alkyl halides is 3. The van der Waals surface area contributed by atoms with Gasteiger partial charge in [0.15, 0.2) is 0 Å². The van der Waals surface area contributed by atoms with E-state index in [1.165, 1.54) is 30.0 Å². The quantitative estimate of drug-likeness (QED) is 0.248. The van der Waals surface area contributed by atoms with Crippen molar-refractivity contribution in [2.75, 3.05) is 19.0 Å². The first-order chi connectivity index (χ1) is 18.1. The highest BCUT2D eigenvalue weighted by Crippen LogP contribution is 2.30. The lowest BCUT2D eigenvalue weighted by molar-refractivity contribution is -0.274. The summed E-state index contributed by atoms with van der Waals surface area (Å²) in [7, 11) is 1.47. The number of benzene rings is 2. The first kappa shape index (κ1) is 28.3. The highest BCUT2D eigenvalue weighted by atomic mass is 19.4. The largest absolute Gasteiger partial charge is 0.573 e. The molecule has 202 valence electrons. The van der Waals surface area contributed by atoms with Crippen molar-refractivity contribution in [2.45, 2.75) is 32.5 Å². The molecule has 2 amide bonds. The van der Waals surface area contributed by atoms with Crippen LogP contribution < -0.4 is 20.1 Å². The van der Waals surface area contributed by atoms with E-state index >= 15 is 0 Å². The number of urea groups is 1. The number of ether oxygens (including phenoxy) is 3. The summed E-state index contributed by atoms with van der Waals surface area (Å²) in [4.78, 5) is 16.7. The second kappa shape index (κ2) is 12.8. The van der Waals surface area contributed by atoms with Crippen LogP contribution in [0.1, 0.15) is 16.7 Å². The highest BCUT2D eigenvalue weighted by Gasteiger charge is 2.32. The molecule has 2 N–H and O–H groups in total. The molecule has 1 unspecified atom stereocenters. The summed E-state index contributed by atoms with van der Waals surface area (Å²) in [5.74, 6) is 0.119. The van der Waals surface area contributed by atoms with Gasteiger partial charge in [0.2, 0.25) is 5.88 Å². The lowest BCUT2D eigenvalue weighted by atomic mass is 10.1. The van der Waals surface area contributed by atoms with Gasteiger partial charge in [0.1, 0.15) is 17.7 Å². The van der Waals surface area contributed by atoms with E-state index in [4.69, 9.17) is 9.47 Å². The second-order valence-corrected chi connectivity index (χ2v) is 8.05. The minimum absolute atomic E-state index is 0.120. The van der Waals surface area contributed by atoms with E-state index in [1.54, 1.807) is 37.3 Å². The number of carbonyl (C=O) groups is 1. The molecule has 2 aromatic carbocycles. The molecule has 12 heteroatoms. The average molecular weight is 532 g/mol. The molecular weight excluding hydrogens is 503 g/mol. The Morgan fingerprint density at radius 3 is 2.61 bits per heavy atom. The summed E-state index contributed by atoms with van der Waals surface area (Å²) in [5.41, 5.74) is 1.90. The van der Waals surface area contributed by atoms with E-state index in [2.05, 4.69) is 38.8 Å². The Balaban J connectivity index is 1.85. The van der Waals surface area contributed by atoms with E-state index in [-0.39, 0.29) is 31.1 Å². The fourth-order valence-electron chi connectivity index (χ4n) is 3.50.